The lowest BCUT2D eigenvalue weighted by molar-refractivity contribution is 1.28. The average molecular weight is 285 g/mol. The third kappa shape index (κ3) is 2.77. The molecule has 0 atom stereocenters. The van der Waals surface area contributed by atoms with Crippen molar-refractivity contribution in [2.24, 2.45) is 0 Å². The van der Waals surface area contributed by atoms with Gasteiger partial charge in [0.2, 0.25) is 0 Å². The molecule has 0 bridgehead atoms. The Labute approximate surface area is 129 Å². The second-order valence-electron chi connectivity index (χ2n) is 4.92. The van der Waals surface area contributed by atoms with Gasteiger partial charge >= 0.3 is 0 Å². The number of nitrogen functional groups attached to an aromatic ring is 1. The molecular formula is C19H15N3. The number of nitrogens with two attached hydrogens (primary N) is 1. The van der Waals surface area contributed by atoms with Crippen LogP contribution in [0.1, 0.15) is 5.56 Å². The minimum absolute atomic E-state index is 0.647. The normalized spacial score (nSPS) is 9.95. The highest BCUT2D eigenvalue weighted by Gasteiger charge is 2.11. The number of para-hydroxylation sites is 1. The summed E-state index contributed by atoms with van der Waals surface area (Å²) in [6.45, 7) is 0. The molecule has 0 saturated carbocycles. The maximum atomic E-state index is 8.95. The van der Waals surface area contributed by atoms with Crippen LogP contribution in [-0.4, -0.2) is 0 Å². The van der Waals surface area contributed by atoms with Gasteiger partial charge in [-0.15, -0.1) is 0 Å². The SMILES string of the molecule is N#Cc1ccc(N(c2ccccc2)c2ccc(N)cc2)cc1. The number of benzene rings is 3. The molecule has 0 aliphatic rings. The largest absolute Gasteiger partial charge is 0.399 e. The van der Waals surface area contributed by atoms with E-state index in [0.29, 0.717) is 5.56 Å². The van der Waals surface area contributed by atoms with Gasteiger partial charge in [0.15, 0.2) is 0 Å². The van der Waals surface area contributed by atoms with Crippen molar-refractivity contribution in [3.63, 3.8) is 0 Å². The summed E-state index contributed by atoms with van der Waals surface area (Å²) in [7, 11) is 0. The second kappa shape index (κ2) is 6.02. The lowest BCUT2D eigenvalue weighted by Crippen LogP contribution is -2.09. The summed E-state index contributed by atoms with van der Waals surface area (Å²) >= 11 is 0. The quantitative estimate of drug-likeness (QED) is 0.715. The zero-order valence-corrected chi connectivity index (χ0v) is 12.0. The highest BCUT2D eigenvalue weighted by molar-refractivity contribution is 5.77. The van der Waals surface area contributed by atoms with Crippen molar-refractivity contribution in [2.45, 2.75) is 0 Å². The number of rotatable bonds is 3. The van der Waals surface area contributed by atoms with E-state index in [1.165, 1.54) is 0 Å². The molecule has 0 radical (unpaired) electrons. The Balaban J connectivity index is 2.10. The average Bonchev–Trinajstić information content (AvgIpc) is 2.58. The minimum Gasteiger partial charge on any atom is -0.399 e. The van der Waals surface area contributed by atoms with Crippen molar-refractivity contribution in [1.29, 1.82) is 5.26 Å². The van der Waals surface area contributed by atoms with Gasteiger partial charge in [-0.2, -0.15) is 5.26 Å². The molecule has 0 aliphatic carbocycles. The van der Waals surface area contributed by atoms with Gasteiger partial charge in [-0.1, -0.05) is 18.2 Å². The lowest BCUT2D eigenvalue weighted by Gasteiger charge is -2.25. The molecule has 0 heterocycles. The maximum Gasteiger partial charge on any atom is 0.0991 e. The molecule has 0 saturated heterocycles. The highest BCUT2D eigenvalue weighted by atomic mass is 15.1. The molecule has 0 fully saturated rings. The molecule has 3 heteroatoms. The van der Waals surface area contributed by atoms with Gasteiger partial charge in [0.05, 0.1) is 11.6 Å². The topological polar surface area (TPSA) is 53.0 Å². The fourth-order valence-electron chi connectivity index (χ4n) is 2.33. The van der Waals surface area contributed by atoms with E-state index in [4.69, 9.17) is 11.0 Å². The number of nitrogens with zero attached hydrogens (tertiary/aromatic N) is 2. The second-order valence-corrected chi connectivity index (χ2v) is 4.92. The Kier molecular flexibility index (Phi) is 3.76. The predicted molar refractivity (Wildman–Crippen MR) is 90.3 cm³/mol. The molecule has 0 aromatic heterocycles. The standard InChI is InChI=1S/C19H15N3/c20-14-15-6-10-18(11-7-15)22(17-4-2-1-3-5-17)19-12-8-16(21)9-13-19/h1-13H,21H2. The predicted octanol–water partition coefficient (Wildman–Crippen LogP) is 4.61. The molecule has 0 aliphatic heterocycles. The summed E-state index contributed by atoms with van der Waals surface area (Å²) < 4.78 is 0. The first-order valence-electron chi connectivity index (χ1n) is 6.99. The smallest absolute Gasteiger partial charge is 0.0991 e. The van der Waals surface area contributed by atoms with Gasteiger partial charge in [-0.3, -0.25) is 0 Å². The van der Waals surface area contributed by atoms with Crippen molar-refractivity contribution in [1.82, 2.24) is 0 Å². The first-order chi connectivity index (χ1) is 10.8. The zero-order valence-electron chi connectivity index (χ0n) is 12.0. The summed E-state index contributed by atoms with van der Waals surface area (Å²) in [5, 5.41) is 8.95. The van der Waals surface area contributed by atoms with Crippen LogP contribution in [-0.2, 0) is 0 Å². The van der Waals surface area contributed by atoms with Gasteiger partial charge in [0.25, 0.3) is 0 Å². The molecule has 0 spiro atoms. The molecule has 22 heavy (non-hydrogen) atoms. The zero-order chi connectivity index (χ0) is 15.4. The van der Waals surface area contributed by atoms with E-state index in [9.17, 15) is 0 Å². The Hall–Kier alpha value is -3.25. The highest BCUT2D eigenvalue weighted by Crippen LogP contribution is 2.34. The van der Waals surface area contributed by atoms with Crippen LogP contribution in [0.25, 0.3) is 0 Å². The van der Waals surface area contributed by atoms with Crippen LogP contribution < -0.4 is 10.6 Å². The van der Waals surface area contributed by atoms with Gasteiger partial charge in [0, 0.05) is 22.7 Å². The van der Waals surface area contributed by atoms with Crippen LogP contribution in [0.5, 0.6) is 0 Å². The van der Waals surface area contributed by atoms with E-state index >= 15 is 0 Å². The molecule has 3 aromatic carbocycles. The van der Waals surface area contributed by atoms with Crippen LogP contribution in [0, 0.1) is 11.3 Å². The van der Waals surface area contributed by atoms with Gasteiger partial charge in [0.1, 0.15) is 0 Å². The molecule has 3 nitrogen and oxygen atoms in total. The lowest BCUT2D eigenvalue weighted by atomic mass is 10.1. The Bertz CT molecular complexity index is 785. The number of nitriles is 1. The van der Waals surface area contributed by atoms with Crippen LogP contribution in [0.4, 0.5) is 22.7 Å². The van der Waals surface area contributed by atoms with Crippen molar-refractivity contribution < 1.29 is 0 Å². The number of hydrogen-bond donors (Lipinski definition) is 1. The third-order valence-corrected chi connectivity index (χ3v) is 3.42. The van der Waals surface area contributed by atoms with Gasteiger partial charge < -0.3 is 10.6 Å². The van der Waals surface area contributed by atoms with E-state index < -0.39 is 0 Å². The van der Waals surface area contributed by atoms with Crippen molar-refractivity contribution >= 4 is 22.7 Å². The number of anilines is 4. The Morgan fingerprint density at radius 3 is 1.73 bits per heavy atom. The summed E-state index contributed by atoms with van der Waals surface area (Å²) in [4.78, 5) is 2.13. The van der Waals surface area contributed by atoms with Crippen LogP contribution in [0.15, 0.2) is 78.9 Å². The summed E-state index contributed by atoms with van der Waals surface area (Å²) in [6.07, 6.45) is 0. The van der Waals surface area contributed by atoms with E-state index in [0.717, 1.165) is 22.7 Å². The molecule has 2 N–H and O–H groups in total. The van der Waals surface area contributed by atoms with Crippen molar-refractivity contribution in [2.75, 3.05) is 10.6 Å². The summed E-state index contributed by atoms with van der Waals surface area (Å²) in [5.41, 5.74) is 10.2. The van der Waals surface area contributed by atoms with Crippen molar-refractivity contribution in [3.05, 3.63) is 84.4 Å². The van der Waals surface area contributed by atoms with Crippen molar-refractivity contribution in [3.8, 4) is 6.07 Å². The third-order valence-electron chi connectivity index (χ3n) is 3.42. The fourth-order valence-corrected chi connectivity index (χ4v) is 2.33. The fraction of sp³-hybridized carbons (Fsp3) is 0. The van der Waals surface area contributed by atoms with E-state index in [2.05, 4.69) is 23.1 Å². The van der Waals surface area contributed by atoms with E-state index in [1.807, 2.05) is 66.7 Å². The van der Waals surface area contributed by atoms with E-state index in [-0.39, 0.29) is 0 Å². The van der Waals surface area contributed by atoms with Crippen LogP contribution in [0.2, 0.25) is 0 Å². The Morgan fingerprint density at radius 2 is 1.18 bits per heavy atom. The first kappa shape index (κ1) is 13.7. The molecule has 0 amide bonds. The molecule has 0 unspecified atom stereocenters. The molecule has 106 valence electrons. The van der Waals surface area contributed by atoms with Crippen LogP contribution in [0.3, 0.4) is 0 Å². The Morgan fingerprint density at radius 1 is 0.682 bits per heavy atom. The molecule has 3 rings (SSSR count). The maximum absolute atomic E-state index is 8.95. The molecular weight excluding hydrogens is 270 g/mol. The first-order valence-corrected chi connectivity index (χ1v) is 6.99. The molecule has 3 aromatic rings. The number of hydrogen-bond acceptors (Lipinski definition) is 3. The van der Waals surface area contributed by atoms with Gasteiger partial charge in [-0.05, 0) is 60.7 Å². The van der Waals surface area contributed by atoms with Gasteiger partial charge in [-0.25, -0.2) is 0 Å². The minimum atomic E-state index is 0.647. The van der Waals surface area contributed by atoms with E-state index in [1.54, 1.807) is 0 Å². The summed E-state index contributed by atoms with van der Waals surface area (Å²) in [6, 6.07) is 27.5. The van der Waals surface area contributed by atoms with Crippen LogP contribution >= 0.6 is 0 Å². The monoisotopic (exact) mass is 285 g/mol. The summed E-state index contributed by atoms with van der Waals surface area (Å²) in [5.74, 6) is 0.